The largest absolute Gasteiger partial charge is 0.374 e. The Kier molecular flexibility index (Phi) is 4.58. The Morgan fingerprint density at radius 1 is 1.25 bits per heavy atom. The maximum Gasteiger partial charge on any atom is 0.246 e. The molecule has 0 saturated carbocycles. The Balaban J connectivity index is 1.98. The number of nitrogens with one attached hydrogen (secondary N) is 1. The predicted octanol–water partition coefficient (Wildman–Crippen LogP) is 3.55. The van der Waals surface area contributed by atoms with E-state index >= 15 is 0 Å². The van der Waals surface area contributed by atoms with Crippen LogP contribution >= 0.6 is 11.6 Å². The maximum atomic E-state index is 13.6. The molecule has 104 valence electrons. The van der Waals surface area contributed by atoms with E-state index in [9.17, 15) is 9.18 Å². The number of rotatable bonds is 4. The molecule has 1 N–H and O–H groups in total. The molecule has 2 aromatic carbocycles. The van der Waals surface area contributed by atoms with Crippen molar-refractivity contribution in [2.24, 2.45) is 0 Å². The van der Waals surface area contributed by atoms with Gasteiger partial charge in [0.15, 0.2) is 0 Å². The SMILES string of the molecule is CN(C(=O)CNc1ccc(Cl)cc1F)c1ccccc1. The zero-order valence-corrected chi connectivity index (χ0v) is 11.7. The Labute approximate surface area is 122 Å². The van der Waals surface area contributed by atoms with E-state index in [0.29, 0.717) is 5.02 Å². The van der Waals surface area contributed by atoms with E-state index in [4.69, 9.17) is 11.6 Å². The van der Waals surface area contributed by atoms with Gasteiger partial charge < -0.3 is 10.2 Å². The van der Waals surface area contributed by atoms with Gasteiger partial charge in [-0.2, -0.15) is 0 Å². The molecule has 0 aliphatic rings. The van der Waals surface area contributed by atoms with Crippen molar-refractivity contribution < 1.29 is 9.18 Å². The van der Waals surface area contributed by atoms with Crippen LogP contribution in [0, 0.1) is 5.82 Å². The minimum absolute atomic E-state index is 0.00392. The summed E-state index contributed by atoms with van der Waals surface area (Å²) in [5.41, 5.74) is 1.04. The van der Waals surface area contributed by atoms with E-state index in [-0.39, 0.29) is 18.1 Å². The first kappa shape index (κ1) is 14.3. The van der Waals surface area contributed by atoms with Crippen molar-refractivity contribution in [3.05, 3.63) is 59.4 Å². The number of para-hydroxylation sites is 1. The third-order valence-electron chi connectivity index (χ3n) is 2.88. The zero-order chi connectivity index (χ0) is 14.5. The lowest BCUT2D eigenvalue weighted by Gasteiger charge is -2.18. The molecule has 0 atom stereocenters. The van der Waals surface area contributed by atoms with E-state index in [0.717, 1.165) is 5.69 Å². The number of carbonyl (C=O) groups is 1. The van der Waals surface area contributed by atoms with Crippen LogP contribution in [0.2, 0.25) is 5.02 Å². The number of nitrogens with zero attached hydrogens (tertiary/aromatic N) is 1. The van der Waals surface area contributed by atoms with Crippen LogP contribution in [0.15, 0.2) is 48.5 Å². The van der Waals surface area contributed by atoms with Crippen molar-refractivity contribution in [2.75, 3.05) is 23.8 Å². The average molecular weight is 293 g/mol. The first-order valence-electron chi connectivity index (χ1n) is 6.08. The monoisotopic (exact) mass is 292 g/mol. The van der Waals surface area contributed by atoms with Crippen LogP contribution in [-0.4, -0.2) is 19.5 Å². The molecule has 2 rings (SSSR count). The maximum absolute atomic E-state index is 13.6. The molecule has 3 nitrogen and oxygen atoms in total. The third kappa shape index (κ3) is 3.48. The van der Waals surface area contributed by atoms with E-state index in [1.165, 1.54) is 17.0 Å². The van der Waals surface area contributed by atoms with Gasteiger partial charge >= 0.3 is 0 Å². The van der Waals surface area contributed by atoms with E-state index in [1.807, 2.05) is 30.3 Å². The number of carbonyl (C=O) groups excluding carboxylic acids is 1. The van der Waals surface area contributed by atoms with Crippen LogP contribution in [0.5, 0.6) is 0 Å². The van der Waals surface area contributed by atoms with Gasteiger partial charge in [-0.05, 0) is 30.3 Å². The van der Waals surface area contributed by atoms with Gasteiger partial charge in [0, 0.05) is 17.8 Å². The van der Waals surface area contributed by atoms with Gasteiger partial charge in [-0.3, -0.25) is 4.79 Å². The topological polar surface area (TPSA) is 32.3 Å². The van der Waals surface area contributed by atoms with Gasteiger partial charge in [-0.1, -0.05) is 29.8 Å². The van der Waals surface area contributed by atoms with E-state index in [2.05, 4.69) is 5.32 Å². The molecule has 5 heteroatoms. The van der Waals surface area contributed by atoms with Crippen molar-refractivity contribution >= 4 is 28.9 Å². The minimum Gasteiger partial charge on any atom is -0.374 e. The molecule has 0 spiro atoms. The minimum atomic E-state index is -0.479. The lowest BCUT2D eigenvalue weighted by molar-refractivity contribution is -0.116. The molecule has 0 aliphatic heterocycles. The highest BCUT2D eigenvalue weighted by atomic mass is 35.5. The summed E-state index contributed by atoms with van der Waals surface area (Å²) in [4.78, 5) is 13.5. The molecule has 0 unspecified atom stereocenters. The number of anilines is 2. The van der Waals surface area contributed by atoms with Crippen molar-refractivity contribution in [1.29, 1.82) is 0 Å². The smallest absolute Gasteiger partial charge is 0.246 e. The molecule has 0 saturated heterocycles. The second kappa shape index (κ2) is 6.39. The normalized spacial score (nSPS) is 10.2. The lowest BCUT2D eigenvalue weighted by atomic mass is 10.3. The standard InChI is InChI=1S/C15H14ClFN2O/c1-19(12-5-3-2-4-6-12)15(20)10-18-14-8-7-11(16)9-13(14)17/h2-9,18H,10H2,1H3. The highest BCUT2D eigenvalue weighted by Crippen LogP contribution is 2.19. The third-order valence-corrected chi connectivity index (χ3v) is 3.11. The van der Waals surface area contributed by atoms with Gasteiger partial charge in [0.05, 0.1) is 12.2 Å². The van der Waals surface area contributed by atoms with Crippen molar-refractivity contribution in [2.45, 2.75) is 0 Å². The van der Waals surface area contributed by atoms with Crippen LogP contribution < -0.4 is 10.2 Å². The second-order valence-corrected chi connectivity index (χ2v) is 4.70. The number of hydrogen-bond donors (Lipinski definition) is 1. The number of benzene rings is 2. The quantitative estimate of drug-likeness (QED) is 0.934. The molecule has 0 radical (unpaired) electrons. The van der Waals surface area contributed by atoms with Crippen molar-refractivity contribution in [3.8, 4) is 0 Å². The summed E-state index contributed by atoms with van der Waals surface area (Å²) >= 11 is 5.67. The van der Waals surface area contributed by atoms with Crippen molar-refractivity contribution in [3.63, 3.8) is 0 Å². The molecule has 0 heterocycles. The fourth-order valence-corrected chi connectivity index (χ4v) is 1.88. The van der Waals surface area contributed by atoms with Gasteiger partial charge in [-0.15, -0.1) is 0 Å². The van der Waals surface area contributed by atoms with Gasteiger partial charge in [0.25, 0.3) is 0 Å². The predicted molar refractivity (Wildman–Crippen MR) is 79.8 cm³/mol. The summed E-state index contributed by atoms with van der Waals surface area (Å²) in [5.74, 6) is -0.641. The van der Waals surface area contributed by atoms with Crippen LogP contribution in [0.1, 0.15) is 0 Å². The van der Waals surface area contributed by atoms with Crippen LogP contribution in [0.3, 0.4) is 0 Å². The molecule has 0 aromatic heterocycles. The molecular weight excluding hydrogens is 279 g/mol. The van der Waals surface area contributed by atoms with Crippen LogP contribution in [-0.2, 0) is 4.79 Å². The van der Waals surface area contributed by atoms with Crippen LogP contribution in [0.4, 0.5) is 15.8 Å². The summed E-state index contributed by atoms with van der Waals surface area (Å²) < 4.78 is 13.6. The highest BCUT2D eigenvalue weighted by molar-refractivity contribution is 6.30. The Morgan fingerprint density at radius 2 is 1.95 bits per heavy atom. The Morgan fingerprint density at radius 3 is 2.60 bits per heavy atom. The number of likely N-dealkylation sites (N-methyl/N-ethyl adjacent to an activating group) is 1. The second-order valence-electron chi connectivity index (χ2n) is 4.27. The first-order chi connectivity index (χ1) is 9.58. The first-order valence-corrected chi connectivity index (χ1v) is 6.46. The van der Waals surface area contributed by atoms with E-state index < -0.39 is 5.82 Å². The van der Waals surface area contributed by atoms with E-state index in [1.54, 1.807) is 13.1 Å². The average Bonchev–Trinajstić information content (AvgIpc) is 2.46. The van der Waals surface area contributed by atoms with Gasteiger partial charge in [0.2, 0.25) is 5.91 Å². The number of amides is 1. The summed E-state index contributed by atoms with van der Waals surface area (Å²) in [6.07, 6.45) is 0. The van der Waals surface area contributed by atoms with Gasteiger partial charge in [-0.25, -0.2) is 4.39 Å². The fourth-order valence-electron chi connectivity index (χ4n) is 1.72. The number of halogens is 2. The fraction of sp³-hybridized carbons (Fsp3) is 0.133. The molecule has 1 amide bonds. The molecular formula is C15H14ClFN2O. The summed E-state index contributed by atoms with van der Waals surface area (Å²) in [7, 11) is 1.68. The molecule has 0 bridgehead atoms. The molecule has 0 fully saturated rings. The zero-order valence-electron chi connectivity index (χ0n) is 10.9. The molecule has 0 aliphatic carbocycles. The Bertz CT molecular complexity index is 604. The van der Waals surface area contributed by atoms with Gasteiger partial charge in [0.1, 0.15) is 5.82 Å². The highest BCUT2D eigenvalue weighted by Gasteiger charge is 2.11. The Hall–Kier alpha value is -2.07. The summed E-state index contributed by atoms with van der Waals surface area (Å²) in [6.45, 7) is 0.00392. The molecule has 2 aromatic rings. The molecule has 20 heavy (non-hydrogen) atoms. The van der Waals surface area contributed by atoms with Crippen molar-refractivity contribution in [1.82, 2.24) is 0 Å². The lowest BCUT2D eigenvalue weighted by Crippen LogP contribution is -2.32. The summed E-state index contributed by atoms with van der Waals surface area (Å²) in [6, 6.07) is 13.5. The van der Waals surface area contributed by atoms with Crippen LogP contribution in [0.25, 0.3) is 0 Å². The summed E-state index contributed by atoms with van der Waals surface area (Å²) in [5, 5.41) is 3.09. The number of hydrogen-bond acceptors (Lipinski definition) is 2.